The summed E-state index contributed by atoms with van der Waals surface area (Å²) in [4.78, 5) is 21.0. The fourth-order valence-corrected chi connectivity index (χ4v) is 2.52. The summed E-state index contributed by atoms with van der Waals surface area (Å²) in [6, 6.07) is 9.48. The summed E-state index contributed by atoms with van der Waals surface area (Å²) >= 11 is 0. The topological polar surface area (TPSA) is 101 Å². The second kappa shape index (κ2) is 8.07. The number of aliphatic hydroxyl groups is 1. The van der Waals surface area contributed by atoms with E-state index >= 15 is 0 Å². The maximum Gasteiger partial charge on any atom is 0.273 e. The lowest BCUT2D eigenvalue weighted by Crippen LogP contribution is -2.34. The van der Waals surface area contributed by atoms with Gasteiger partial charge in [-0.05, 0) is 40.0 Å². The van der Waals surface area contributed by atoms with Crippen LogP contribution in [-0.4, -0.2) is 32.6 Å². The minimum Gasteiger partial charge on any atom is -0.390 e. The number of anilines is 1. The Hall–Kier alpha value is -2.47. The molecule has 6 nitrogen and oxygen atoms in total. The van der Waals surface area contributed by atoms with Crippen LogP contribution >= 0.6 is 0 Å². The highest BCUT2D eigenvalue weighted by atomic mass is 16.3. The number of carbonyl (C=O) groups excluding carboxylic acids is 1. The molecule has 25 heavy (non-hydrogen) atoms. The van der Waals surface area contributed by atoms with E-state index in [1.807, 2.05) is 37.3 Å². The van der Waals surface area contributed by atoms with Crippen molar-refractivity contribution in [3.05, 3.63) is 42.2 Å². The van der Waals surface area contributed by atoms with Crippen LogP contribution in [0.25, 0.3) is 11.3 Å². The van der Waals surface area contributed by atoms with Crippen LogP contribution in [0, 0.1) is 0 Å². The molecule has 0 spiro atoms. The number of carbonyl (C=O) groups is 1. The first-order chi connectivity index (χ1) is 11.8. The van der Waals surface area contributed by atoms with Crippen molar-refractivity contribution in [3.63, 3.8) is 0 Å². The predicted molar refractivity (Wildman–Crippen MR) is 99.0 cm³/mol. The average Bonchev–Trinajstić information content (AvgIpc) is 2.54. The van der Waals surface area contributed by atoms with Crippen molar-refractivity contribution in [2.75, 3.05) is 5.73 Å². The van der Waals surface area contributed by atoms with Crippen molar-refractivity contribution in [1.82, 2.24) is 15.3 Å². The van der Waals surface area contributed by atoms with Crippen LogP contribution < -0.4 is 11.1 Å². The van der Waals surface area contributed by atoms with Gasteiger partial charge in [0.15, 0.2) is 11.5 Å². The van der Waals surface area contributed by atoms with Crippen LogP contribution in [0.2, 0.25) is 0 Å². The first-order valence-corrected chi connectivity index (χ1v) is 8.47. The van der Waals surface area contributed by atoms with E-state index in [2.05, 4.69) is 15.3 Å². The number of nitrogen functional groups attached to an aromatic ring is 1. The second-order valence-corrected chi connectivity index (χ2v) is 6.93. The Bertz CT molecular complexity index is 711. The molecule has 1 atom stereocenters. The van der Waals surface area contributed by atoms with E-state index < -0.39 is 5.60 Å². The molecular formula is C19H26N4O2. The lowest BCUT2D eigenvalue weighted by atomic mass is 10.00. The van der Waals surface area contributed by atoms with Gasteiger partial charge in [-0.25, -0.2) is 9.97 Å². The van der Waals surface area contributed by atoms with E-state index in [1.165, 1.54) is 0 Å². The third-order valence-electron chi connectivity index (χ3n) is 3.89. The molecule has 134 valence electrons. The van der Waals surface area contributed by atoms with Crippen LogP contribution in [0.3, 0.4) is 0 Å². The van der Waals surface area contributed by atoms with Gasteiger partial charge in [-0.2, -0.15) is 0 Å². The third kappa shape index (κ3) is 5.83. The van der Waals surface area contributed by atoms with Crippen LogP contribution in [-0.2, 0) is 0 Å². The SMILES string of the molecule is C[C@H](CCCC(C)(C)O)NC(=O)c1nc(-c2ccccc2)cnc1N. The zero-order valence-electron chi connectivity index (χ0n) is 15.0. The molecule has 0 aliphatic carbocycles. The molecule has 2 rings (SSSR count). The molecule has 1 aromatic carbocycles. The third-order valence-corrected chi connectivity index (χ3v) is 3.89. The number of amides is 1. The summed E-state index contributed by atoms with van der Waals surface area (Å²) in [5, 5.41) is 12.6. The van der Waals surface area contributed by atoms with Crippen molar-refractivity contribution >= 4 is 11.7 Å². The van der Waals surface area contributed by atoms with E-state index in [0.29, 0.717) is 12.1 Å². The first-order valence-electron chi connectivity index (χ1n) is 8.47. The Morgan fingerprint density at radius 1 is 1.32 bits per heavy atom. The highest BCUT2D eigenvalue weighted by Gasteiger charge is 2.18. The average molecular weight is 342 g/mol. The smallest absolute Gasteiger partial charge is 0.273 e. The van der Waals surface area contributed by atoms with Gasteiger partial charge in [0.1, 0.15) is 0 Å². The number of rotatable bonds is 7. The zero-order valence-corrected chi connectivity index (χ0v) is 15.0. The Balaban J connectivity index is 2.04. The summed E-state index contributed by atoms with van der Waals surface area (Å²) in [7, 11) is 0. The summed E-state index contributed by atoms with van der Waals surface area (Å²) in [5.41, 5.74) is 6.76. The lowest BCUT2D eigenvalue weighted by Gasteiger charge is -2.19. The molecular weight excluding hydrogens is 316 g/mol. The first kappa shape index (κ1) is 18.9. The second-order valence-electron chi connectivity index (χ2n) is 6.93. The fourth-order valence-electron chi connectivity index (χ4n) is 2.52. The highest BCUT2D eigenvalue weighted by molar-refractivity contribution is 5.96. The normalized spacial score (nSPS) is 12.6. The van der Waals surface area contributed by atoms with Crippen molar-refractivity contribution in [2.45, 2.75) is 51.7 Å². The Morgan fingerprint density at radius 3 is 2.64 bits per heavy atom. The maximum absolute atomic E-state index is 12.5. The quantitative estimate of drug-likeness (QED) is 0.718. The molecule has 6 heteroatoms. The van der Waals surface area contributed by atoms with Gasteiger partial charge in [-0.3, -0.25) is 4.79 Å². The minimum atomic E-state index is -0.691. The summed E-state index contributed by atoms with van der Waals surface area (Å²) in [6.07, 6.45) is 3.82. The van der Waals surface area contributed by atoms with Gasteiger partial charge in [-0.15, -0.1) is 0 Å². The largest absolute Gasteiger partial charge is 0.390 e. The molecule has 0 aliphatic rings. The molecule has 1 aromatic heterocycles. The van der Waals surface area contributed by atoms with E-state index in [9.17, 15) is 9.90 Å². The molecule has 4 N–H and O–H groups in total. The number of benzene rings is 1. The van der Waals surface area contributed by atoms with E-state index in [0.717, 1.165) is 18.4 Å². The number of hydrogen-bond donors (Lipinski definition) is 3. The molecule has 0 saturated heterocycles. The monoisotopic (exact) mass is 342 g/mol. The zero-order chi connectivity index (χ0) is 18.4. The van der Waals surface area contributed by atoms with E-state index in [1.54, 1.807) is 20.0 Å². The number of nitrogens with zero attached hydrogens (tertiary/aromatic N) is 2. The molecule has 1 heterocycles. The molecule has 0 bridgehead atoms. The number of hydrogen-bond acceptors (Lipinski definition) is 5. The van der Waals surface area contributed by atoms with Crippen LogP contribution in [0.15, 0.2) is 36.5 Å². The van der Waals surface area contributed by atoms with Crippen LogP contribution in [0.5, 0.6) is 0 Å². The van der Waals surface area contributed by atoms with Gasteiger partial charge in [-0.1, -0.05) is 30.3 Å². The van der Waals surface area contributed by atoms with Gasteiger partial charge < -0.3 is 16.2 Å². The number of nitrogens with one attached hydrogen (secondary N) is 1. The van der Waals surface area contributed by atoms with Crippen molar-refractivity contribution < 1.29 is 9.90 Å². The van der Waals surface area contributed by atoms with Gasteiger partial charge in [0.05, 0.1) is 17.5 Å². The van der Waals surface area contributed by atoms with Gasteiger partial charge in [0.2, 0.25) is 0 Å². The Morgan fingerprint density at radius 2 is 2.00 bits per heavy atom. The molecule has 0 saturated carbocycles. The van der Waals surface area contributed by atoms with Gasteiger partial charge >= 0.3 is 0 Å². The molecule has 0 aliphatic heterocycles. The summed E-state index contributed by atoms with van der Waals surface area (Å²) < 4.78 is 0. The standard InChI is InChI=1S/C19H26N4O2/c1-13(8-7-11-19(2,3)25)22-18(24)16-17(20)21-12-15(23-16)14-9-5-4-6-10-14/h4-6,9-10,12-13,25H,7-8,11H2,1-3H3,(H2,20,21)(H,22,24)/t13-/m1/s1. The fraction of sp³-hybridized carbons (Fsp3) is 0.421. The lowest BCUT2D eigenvalue weighted by molar-refractivity contribution is 0.0674. The molecule has 0 fully saturated rings. The molecule has 0 unspecified atom stereocenters. The highest BCUT2D eigenvalue weighted by Crippen LogP contribution is 2.18. The number of aromatic nitrogens is 2. The van der Waals surface area contributed by atoms with Crippen LogP contribution in [0.1, 0.15) is 50.5 Å². The van der Waals surface area contributed by atoms with Crippen LogP contribution in [0.4, 0.5) is 5.82 Å². The maximum atomic E-state index is 12.5. The van der Waals surface area contributed by atoms with Crippen molar-refractivity contribution in [2.24, 2.45) is 0 Å². The van der Waals surface area contributed by atoms with Gasteiger partial charge in [0.25, 0.3) is 5.91 Å². The predicted octanol–water partition coefficient (Wildman–Crippen LogP) is 2.79. The van der Waals surface area contributed by atoms with Crippen molar-refractivity contribution in [3.8, 4) is 11.3 Å². The summed E-state index contributed by atoms with van der Waals surface area (Å²) in [6.45, 7) is 5.48. The molecule has 2 aromatic rings. The minimum absolute atomic E-state index is 0.0450. The Kier molecular flexibility index (Phi) is 6.09. The summed E-state index contributed by atoms with van der Waals surface area (Å²) in [5.74, 6) is -0.223. The van der Waals surface area contributed by atoms with E-state index in [-0.39, 0.29) is 23.5 Å². The molecule has 1 amide bonds. The Labute approximate surface area is 148 Å². The van der Waals surface area contributed by atoms with E-state index in [4.69, 9.17) is 5.73 Å². The van der Waals surface area contributed by atoms with Crippen molar-refractivity contribution in [1.29, 1.82) is 0 Å². The van der Waals surface area contributed by atoms with Gasteiger partial charge in [0, 0.05) is 11.6 Å². The number of nitrogens with two attached hydrogens (primary N) is 1. The molecule has 0 radical (unpaired) electrons.